The zero-order chi connectivity index (χ0) is 24.7. The van der Waals surface area contributed by atoms with Crippen LogP contribution in [0.2, 0.25) is 0 Å². The second-order valence-corrected chi connectivity index (χ2v) is 9.14. The molecule has 0 aromatic heterocycles. The number of hydrogen-bond acceptors (Lipinski definition) is 5. The molecule has 3 rings (SSSR count). The Morgan fingerprint density at radius 2 is 1.79 bits per heavy atom. The van der Waals surface area contributed by atoms with Crippen molar-refractivity contribution >= 4 is 17.4 Å². The predicted molar refractivity (Wildman–Crippen MR) is 135 cm³/mol. The van der Waals surface area contributed by atoms with Crippen molar-refractivity contribution in [2.75, 3.05) is 33.8 Å². The Bertz CT molecular complexity index is 1030. The number of aryl methyl sites for hydroxylation is 1. The summed E-state index contributed by atoms with van der Waals surface area (Å²) in [4.78, 5) is 29.8. The molecule has 1 aliphatic heterocycles. The largest absolute Gasteiger partial charge is 0.507 e. The van der Waals surface area contributed by atoms with Gasteiger partial charge in [0.05, 0.1) is 18.2 Å². The Hall–Kier alpha value is -3.12. The molecule has 0 aliphatic carbocycles. The van der Waals surface area contributed by atoms with E-state index >= 15 is 0 Å². The van der Waals surface area contributed by atoms with Crippen LogP contribution in [0.1, 0.15) is 55.3 Å². The van der Waals surface area contributed by atoms with E-state index in [1.165, 1.54) is 0 Å². The number of ketones is 1. The van der Waals surface area contributed by atoms with E-state index in [4.69, 9.17) is 4.74 Å². The van der Waals surface area contributed by atoms with E-state index < -0.39 is 17.7 Å². The molecule has 1 fully saturated rings. The van der Waals surface area contributed by atoms with Crippen LogP contribution in [-0.2, 0) is 9.59 Å². The normalized spacial score (nSPS) is 17.6. The monoisotopic (exact) mass is 464 g/mol. The standard InChI is InChI=1S/C28H36N2O4/c1-5-6-7-18-34-23-14-12-21(13-15-23)26(31)24-25(22-11-8-10-20(2)19-22)30(28(33)27(24)32)17-9-16-29(3)4/h8,10-15,19,25,31H,5-7,9,16-18H2,1-4H3/b26-24-. The SMILES string of the molecule is CCCCCOc1ccc(/C(O)=C2/C(=O)C(=O)N(CCCN(C)C)C2c2cccc(C)c2)cc1. The van der Waals surface area contributed by atoms with Gasteiger partial charge < -0.3 is 19.6 Å². The first kappa shape index (κ1) is 25.5. The Labute approximate surface area is 202 Å². The van der Waals surface area contributed by atoms with Crippen LogP contribution in [0.4, 0.5) is 0 Å². The van der Waals surface area contributed by atoms with Crippen LogP contribution in [0, 0.1) is 6.92 Å². The van der Waals surface area contributed by atoms with Gasteiger partial charge in [-0.05, 0) is 70.2 Å². The molecule has 1 saturated heterocycles. The molecule has 0 radical (unpaired) electrons. The van der Waals surface area contributed by atoms with Crippen LogP contribution in [0.3, 0.4) is 0 Å². The van der Waals surface area contributed by atoms with Gasteiger partial charge in [-0.1, -0.05) is 49.6 Å². The summed E-state index contributed by atoms with van der Waals surface area (Å²) in [5.41, 5.74) is 2.48. The molecular weight excluding hydrogens is 428 g/mol. The number of nitrogens with zero attached hydrogens (tertiary/aromatic N) is 2. The lowest BCUT2D eigenvalue weighted by Gasteiger charge is -2.26. The number of aliphatic hydroxyl groups is 1. The summed E-state index contributed by atoms with van der Waals surface area (Å²) in [6.45, 7) is 5.99. The van der Waals surface area contributed by atoms with Crippen LogP contribution in [0.5, 0.6) is 5.75 Å². The van der Waals surface area contributed by atoms with Crippen molar-refractivity contribution in [2.45, 2.75) is 45.6 Å². The molecule has 182 valence electrons. The Kier molecular flexibility index (Phi) is 8.88. The van der Waals surface area contributed by atoms with Crippen LogP contribution < -0.4 is 4.74 Å². The summed E-state index contributed by atoms with van der Waals surface area (Å²) < 4.78 is 5.76. The first-order chi connectivity index (χ1) is 16.3. The summed E-state index contributed by atoms with van der Waals surface area (Å²) in [5.74, 6) is -0.652. The number of ether oxygens (including phenoxy) is 1. The number of amides is 1. The maximum Gasteiger partial charge on any atom is 0.295 e. The number of aliphatic hydroxyl groups excluding tert-OH is 1. The lowest BCUT2D eigenvalue weighted by Crippen LogP contribution is -2.32. The topological polar surface area (TPSA) is 70.1 Å². The smallest absolute Gasteiger partial charge is 0.295 e. The summed E-state index contributed by atoms with van der Waals surface area (Å²) >= 11 is 0. The van der Waals surface area contributed by atoms with Gasteiger partial charge in [-0.15, -0.1) is 0 Å². The number of likely N-dealkylation sites (tertiary alicyclic amines) is 1. The van der Waals surface area contributed by atoms with Gasteiger partial charge >= 0.3 is 0 Å². The molecule has 1 amide bonds. The van der Waals surface area contributed by atoms with E-state index in [0.717, 1.165) is 43.4 Å². The molecule has 0 bridgehead atoms. The first-order valence-corrected chi connectivity index (χ1v) is 12.1. The van der Waals surface area contributed by atoms with Crippen molar-refractivity contribution in [3.63, 3.8) is 0 Å². The average molecular weight is 465 g/mol. The third kappa shape index (κ3) is 6.06. The number of rotatable bonds is 11. The summed E-state index contributed by atoms with van der Waals surface area (Å²) in [6, 6.07) is 14.2. The van der Waals surface area contributed by atoms with E-state index in [1.54, 1.807) is 29.2 Å². The molecule has 2 aromatic carbocycles. The Morgan fingerprint density at radius 1 is 1.06 bits per heavy atom. The molecule has 1 atom stereocenters. The van der Waals surface area contributed by atoms with Crippen molar-refractivity contribution in [2.24, 2.45) is 0 Å². The maximum absolute atomic E-state index is 13.1. The minimum absolute atomic E-state index is 0.136. The first-order valence-electron chi connectivity index (χ1n) is 12.1. The predicted octanol–water partition coefficient (Wildman–Crippen LogP) is 4.94. The highest BCUT2D eigenvalue weighted by atomic mass is 16.5. The maximum atomic E-state index is 13.1. The average Bonchev–Trinajstić information content (AvgIpc) is 3.06. The van der Waals surface area contributed by atoms with Gasteiger partial charge in [-0.3, -0.25) is 9.59 Å². The Balaban J connectivity index is 1.94. The number of carbonyl (C=O) groups is 2. The lowest BCUT2D eigenvalue weighted by atomic mass is 9.94. The highest BCUT2D eigenvalue weighted by Gasteiger charge is 2.45. The summed E-state index contributed by atoms with van der Waals surface area (Å²) in [6.07, 6.45) is 3.97. The van der Waals surface area contributed by atoms with E-state index in [1.807, 2.05) is 50.2 Å². The van der Waals surface area contributed by atoms with E-state index in [2.05, 4.69) is 6.92 Å². The number of carbonyl (C=O) groups excluding carboxylic acids is 2. The fraction of sp³-hybridized carbons (Fsp3) is 0.429. The molecule has 0 saturated carbocycles. The summed E-state index contributed by atoms with van der Waals surface area (Å²) in [5, 5.41) is 11.2. The molecule has 0 spiro atoms. The zero-order valence-corrected chi connectivity index (χ0v) is 20.7. The van der Waals surface area contributed by atoms with E-state index in [0.29, 0.717) is 24.5 Å². The zero-order valence-electron chi connectivity index (χ0n) is 20.7. The molecule has 1 N–H and O–H groups in total. The molecule has 1 heterocycles. The van der Waals surface area contributed by atoms with Crippen molar-refractivity contribution in [1.82, 2.24) is 9.80 Å². The van der Waals surface area contributed by atoms with Gasteiger partial charge in [0.15, 0.2) is 0 Å². The van der Waals surface area contributed by atoms with Crippen molar-refractivity contribution in [3.05, 3.63) is 70.8 Å². The van der Waals surface area contributed by atoms with Gasteiger partial charge in [0.2, 0.25) is 0 Å². The molecule has 6 nitrogen and oxygen atoms in total. The number of benzene rings is 2. The second kappa shape index (κ2) is 11.8. The van der Waals surface area contributed by atoms with Gasteiger partial charge in [0.1, 0.15) is 11.5 Å². The molecule has 1 aliphatic rings. The fourth-order valence-electron chi connectivity index (χ4n) is 4.26. The highest BCUT2D eigenvalue weighted by molar-refractivity contribution is 6.46. The van der Waals surface area contributed by atoms with Gasteiger partial charge in [-0.2, -0.15) is 0 Å². The molecule has 1 unspecified atom stereocenters. The van der Waals surface area contributed by atoms with Crippen molar-refractivity contribution in [3.8, 4) is 5.75 Å². The minimum atomic E-state index is -0.645. The third-order valence-electron chi connectivity index (χ3n) is 6.05. The highest BCUT2D eigenvalue weighted by Crippen LogP contribution is 2.39. The number of hydrogen-bond donors (Lipinski definition) is 1. The Morgan fingerprint density at radius 3 is 2.44 bits per heavy atom. The number of unbranched alkanes of at least 4 members (excludes halogenated alkanes) is 2. The summed E-state index contributed by atoms with van der Waals surface area (Å²) in [7, 11) is 3.95. The molecule has 6 heteroatoms. The second-order valence-electron chi connectivity index (χ2n) is 9.14. The van der Waals surface area contributed by atoms with Crippen LogP contribution in [-0.4, -0.2) is 60.4 Å². The van der Waals surface area contributed by atoms with Gasteiger partial charge in [-0.25, -0.2) is 0 Å². The van der Waals surface area contributed by atoms with Crippen LogP contribution >= 0.6 is 0 Å². The number of Topliss-reactive ketones (excluding diaryl/α,β-unsaturated/α-hetero) is 1. The van der Waals surface area contributed by atoms with Crippen molar-refractivity contribution < 1.29 is 19.4 Å². The quantitative estimate of drug-likeness (QED) is 0.221. The fourth-order valence-corrected chi connectivity index (χ4v) is 4.26. The molecule has 34 heavy (non-hydrogen) atoms. The minimum Gasteiger partial charge on any atom is -0.507 e. The van der Waals surface area contributed by atoms with Gasteiger partial charge in [0.25, 0.3) is 11.7 Å². The van der Waals surface area contributed by atoms with Crippen LogP contribution in [0.25, 0.3) is 5.76 Å². The third-order valence-corrected chi connectivity index (χ3v) is 6.05. The van der Waals surface area contributed by atoms with E-state index in [-0.39, 0.29) is 11.3 Å². The molecule has 2 aromatic rings. The van der Waals surface area contributed by atoms with Crippen molar-refractivity contribution in [1.29, 1.82) is 0 Å². The molecular formula is C28H36N2O4. The van der Waals surface area contributed by atoms with Crippen LogP contribution in [0.15, 0.2) is 54.1 Å². The van der Waals surface area contributed by atoms with Gasteiger partial charge in [0, 0.05) is 12.1 Å². The van der Waals surface area contributed by atoms with E-state index in [9.17, 15) is 14.7 Å². The lowest BCUT2D eigenvalue weighted by molar-refractivity contribution is -0.139.